The van der Waals surface area contributed by atoms with Crippen molar-refractivity contribution in [3.63, 3.8) is 0 Å². The van der Waals surface area contributed by atoms with Gasteiger partial charge in [-0.05, 0) is 29.8 Å². The van der Waals surface area contributed by atoms with Crippen LogP contribution in [0, 0.1) is 0 Å². The summed E-state index contributed by atoms with van der Waals surface area (Å²) >= 11 is 0. The van der Waals surface area contributed by atoms with Gasteiger partial charge in [-0.2, -0.15) is 5.10 Å². The summed E-state index contributed by atoms with van der Waals surface area (Å²) in [5.74, 6) is -0.695. The molecule has 1 aromatic heterocycles. The van der Waals surface area contributed by atoms with Crippen molar-refractivity contribution in [2.45, 2.75) is 25.3 Å². The highest BCUT2D eigenvalue weighted by atomic mass is 16.5. The molecule has 2 aromatic carbocycles. The Labute approximate surface area is 172 Å². The molecule has 8 nitrogen and oxygen atoms in total. The van der Waals surface area contributed by atoms with E-state index in [9.17, 15) is 9.59 Å². The molecule has 1 aliphatic rings. The lowest BCUT2D eigenvalue weighted by atomic mass is 9.97. The van der Waals surface area contributed by atoms with Gasteiger partial charge < -0.3 is 9.84 Å². The predicted molar refractivity (Wildman–Crippen MR) is 110 cm³/mol. The number of methoxy groups -OCH3 is 1. The number of ether oxygens (including phenoxy) is 1. The number of benzene rings is 2. The zero-order valence-corrected chi connectivity index (χ0v) is 16.4. The molecule has 2 heterocycles. The summed E-state index contributed by atoms with van der Waals surface area (Å²) in [6.45, 7) is 0. The number of hydrogen-bond donors (Lipinski definition) is 1. The van der Waals surface area contributed by atoms with E-state index in [0.717, 1.165) is 22.2 Å². The van der Waals surface area contributed by atoms with Crippen LogP contribution in [0.2, 0.25) is 0 Å². The van der Waals surface area contributed by atoms with Crippen molar-refractivity contribution in [3.8, 4) is 5.75 Å². The van der Waals surface area contributed by atoms with E-state index < -0.39 is 5.97 Å². The first-order chi connectivity index (χ1) is 14.6. The maximum absolute atomic E-state index is 12.8. The molecule has 8 heteroatoms. The highest BCUT2D eigenvalue weighted by molar-refractivity contribution is 6.05. The van der Waals surface area contributed by atoms with Crippen LogP contribution in [0.5, 0.6) is 5.75 Å². The van der Waals surface area contributed by atoms with Crippen LogP contribution in [0.4, 0.5) is 0 Å². The van der Waals surface area contributed by atoms with Gasteiger partial charge in [0.05, 0.1) is 36.3 Å². The zero-order valence-electron chi connectivity index (χ0n) is 16.4. The maximum atomic E-state index is 12.8. The Morgan fingerprint density at radius 2 is 1.87 bits per heavy atom. The summed E-state index contributed by atoms with van der Waals surface area (Å²) in [5.41, 5.74) is 3.85. The highest BCUT2D eigenvalue weighted by Crippen LogP contribution is 2.36. The average molecular weight is 404 g/mol. The van der Waals surface area contributed by atoms with Crippen molar-refractivity contribution in [1.82, 2.24) is 15.0 Å². The summed E-state index contributed by atoms with van der Waals surface area (Å²) in [6, 6.07) is 12.8. The van der Waals surface area contributed by atoms with Gasteiger partial charge in [-0.25, -0.2) is 5.01 Å². The third kappa shape index (κ3) is 3.84. The second-order valence-corrected chi connectivity index (χ2v) is 6.90. The number of aliphatic carboxylic acids is 1. The third-order valence-corrected chi connectivity index (χ3v) is 5.01. The topological polar surface area (TPSA) is 105 Å². The largest absolute Gasteiger partial charge is 0.496 e. The van der Waals surface area contributed by atoms with Gasteiger partial charge in [0.2, 0.25) is 5.91 Å². The minimum absolute atomic E-state index is 0.123. The van der Waals surface area contributed by atoms with Crippen LogP contribution in [0.15, 0.2) is 60.0 Å². The number of hydrazone groups is 1. The minimum Gasteiger partial charge on any atom is -0.496 e. The number of nitrogens with zero attached hydrogens (tertiary/aromatic N) is 4. The van der Waals surface area contributed by atoms with Crippen molar-refractivity contribution in [2.24, 2.45) is 5.10 Å². The van der Waals surface area contributed by atoms with Crippen LogP contribution in [-0.4, -0.2) is 44.8 Å². The summed E-state index contributed by atoms with van der Waals surface area (Å²) < 4.78 is 5.45. The van der Waals surface area contributed by atoms with Crippen molar-refractivity contribution in [2.75, 3.05) is 7.11 Å². The van der Waals surface area contributed by atoms with E-state index in [-0.39, 0.29) is 24.8 Å². The number of para-hydroxylation sites is 1. The van der Waals surface area contributed by atoms with E-state index in [4.69, 9.17) is 9.84 Å². The molecule has 1 N–H and O–H groups in total. The van der Waals surface area contributed by atoms with Gasteiger partial charge in [-0.15, -0.1) is 0 Å². The Hall–Kier alpha value is -3.81. The molecule has 3 aromatic rings. The molecule has 0 aliphatic carbocycles. The van der Waals surface area contributed by atoms with E-state index in [1.165, 1.54) is 5.01 Å². The fourth-order valence-electron chi connectivity index (χ4n) is 3.56. The molecule has 30 heavy (non-hydrogen) atoms. The van der Waals surface area contributed by atoms with E-state index in [2.05, 4.69) is 15.1 Å². The van der Waals surface area contributed by atoms with Gasteiger partial charge >= 0.3 is 5.97 Å². The van der Waals surface area contributed by atoms with Crippen molar-refractivity contribution < 1.29 is 19.4 Å². The molecule has 0 saturated carbocycles. The lowest BCUT2D eigenvalue weighted by molar-refractivity contribution is -0.141. The zero-order chi connectivity index (χ0) is 21.1. The first kappa shape index (κ1) is 19.5. The number of fused-ring (bicyclic) bond motifs is 1. The Bertz CT molecular complexity index is 1140. The monoisotopic (exact) mass is 404 g/mol. The van der Waals surface area contributed by atoms with Gasteiger partial charge in [0.25, 0.3) is 0 Å². The number of aromatic nitrogens is 2. The number of carboxylic acids is 1. The third-order valence-electron chi connectivity index (χ3n) is 5.01. The van der Waals surface area contributed by atoms with Gasteiger partial charge in [0.15, 0.2) is 0 Å². The lowest BCUT2D eigenvalue weighted by Gasteiger charge is -2.22. The Morgan fingerprint density at radius 1 is 1.10 bits per heavy atom. The van der Waals surface area contributed by atoms with Gasteiger partial charge in [-0.1, -0.05) is 18.2 Å². The number of amides is 1. The molecule has 0 spiro atoms. The standard InChI is InChI=1S/C22H20N4O4/c1-30-20-5-3-2-4-15(20)17-13-19(26(25-17)21(27)8-9-22(28)29)14-6-7-16-18(12-14)24-11-10-23-16/h2-7,10-12,19H,8-9,13H2,1H3,(H,28,29)/t19-/m1/s1. The van der Waals surface area contributed by atoms with E-state index >= 15 is 0 Å². The fraction of sp³-hybridized carbons (Fsp3) is 0.227. The molecule has 0 bridgehead atoms. The van der Waals surface area contributed by atoms with Crippen LogP contribution in [-0.2, 0) is 9.59 Å². The first-order valence-corrected chi connectivity index (χ1v) is 9.52. The SMILES string of the molecule is COc1ccccc1C1=NN(C(=O)CCC(=O)O)[C@@H](c2ccc3nccnc3c2)C1. The van der Waals surface area contributed by atoms with Gasteiger partial charge in [0, 0.05) is 30.8 Å². The summed E-state index contributed by atoms with van der Waals surface area (Å²) in [7, 11) is 1.59. The molecular weight excluding hydrogens is 384 g/mol. The Balaban J connectivity index is 1.72. The quantitative estimate of drug-likeness (QED) is 0.677. The molecular formula is C22H20N4O4. The molecule has 4 rings (SSSR count). The second-order valence-electron chi connectivity index (χ2n) is 6.90. The second kappa shape index (κ2) is 8.28. The molecule has 0 fully saturated rings. The molecule has 1 amide bonds. The number of carbonyl (C=O) groups is 2. The molecule has 1 aliphatic heterocycles. The van der Waals surface area contributed by atoms with E-state index in [1.54, 1.807) is 19.5 Å². The van der Waals surface area contributed by atoms with Crippen LogP contribution in [0.25, 0.3) is 11.0 Å². The number of carboxylic acid groups (broad SMARTS) is 1. The molecule has 0 saturated heterocycles. The maximum Gasteiger partial charge on any atom is 0.303 e. The fourth-order valence-corrected chi connectivity index (χ4v) is 3.56. The van der Waals surface area contributed by atoms with E-state index in [0.29, 0.717) is 17.9 Å². The first-order valence-electron chi connectivity index (χ1n) is 9.52. The Kier molecular flexibility index (Phi) is 5.38. The van der Waals surface area contributed by atoms with Crippen molar-refractivity contribution in [3.05, 3.63) is 66.0 Å². The molecule has 0 unspecified atom stereocenters. The molecule has 1 atom stereocenters. The van der Waals surface area contributed by atoms with Crippen LogP contribution >= 0.6 is 0 Å². The van der Waals surface area contributed by atoms with Gasteiger partial charge in [-0.3, -0.25) is 19.6 Å². The summed E-state index contributed by atoms with van der Waals surface area (Å²) in [5, 5.41) is 14.9. The van der Waals surface area contributed by atoms with Crippen LogP contribution in [0.1, 0.15) is 36.4 Å². The molecule has 0 radical (unpaired) electrons. The summed E-state index contributed by atoms with van der Waals surface area (Å²) in [6.07, 6.45) is 3.35. The smallest absolute Gasteiger partial charge is 0.303 e. The summed E-state index contributed by atoms with van der Waals surface area (Å²) in [4.78, 5) is 32.4. The average Bonchev–Trinajstić information content (AvgIpc) is 3.22. The van der Waals surface area contributed by atoms with Crippen molar-refractivity contribution >= 4 is 28.6 Å². The van der Waals surface area contributed by atoms with Crippen LogP contribution < -0.4 is 4.74 Å². The lowest BCUT2D eigenvalue weighted by Crippen LogP contribution is -2.27. The molecule has 152 valence electrons. The number of rotatable bonds is 6. The predicted octanol–water partition coefficient (Wildman–Crippen LogP) is 3.18. The van der Waals surface area contributed by atoms with Crippen LogP contribution in [0.3, 0.4) is 0 Å². The minimum atomic E-state index is -1.02. The van der Waals surface area contributed by atoms with Crippen molar-refractivity contribution in [1.29, 1.82) is 0 Å². The Morgan fingerprint density at radius 3 is 2.63 bits per heavy atom. The van der Waals surface area contributed by atoms with E-state index in [1.807, 2.05) is 42.5 Å². The normalized spacial score (nSPS) is 15.8. The number of carbonyl (C=O) groups excluding carboxylic acids is 1. The highest BCUT2D eigenvalue weighted by Gasteiger charge is 2.34. The number of hydrogen-bond acceptors (Lipinski definition) is 6. The van der Waals surface area contributed by atoms with Gasteiger partial charge in [0.1, 0.15) is 5.75 Å².